The number of nitrogens with one attached hydrogen (secondary N) is 1. The number of piperidine rings is 1. The van der Waals surface area contributed by atoms with Crippen LogP contribution in [0, 0.1) is 5.92 Å². The highest BCUT2D eigenvalue weighted by Gasteiger charge is 2.44. The summed E-state index contributed by atoms with van der Waals surface area (Å²) in [7, 11) is 0. The zero-order valence-corrected chi connectivity index (χ0v) is 17.0. The predicted molar refractivity (Wildman–Crippen MR) is 112 cm³/mol. The Kier molecular flexibility index (Phi) is 6.35. The highest BCUT2D eigenvalue weighted by molar-refractivity contribution is 5.98. The van der Waals surface area contributed by atoms with Gasteiger partial charge in [-0.3, -0.25) is 9.59 Å². The van der Waals surface area contributed by atoms with Crippen molar-refractivity contribution < 1.29 is 9.59 Å². The van der Waals surface area contributed by atoms with Crippen LogP contribution in [0.1, 0.15) is 33.1 Å². The second-order valence-corrected chi connectivity index (χ2v) is 8.11. The number of likely N-dealkylation sites (tertiary alicyclic amines) is 1. The first-order valence-corrected chi connectivity index (χ1v) is 10.1. The van der Waals surface area contributed by atoms with Gasteiger partial charge in [-0.1, -0.05) is 37.0 Å². The fraction of sp³-hybridized carbons (Fsp3) is 0.478. The van der Waals surface area contributed by atoms with Crippen molar-refractivity contribution >= 4 is 11.7 Å². The van der Waals surface area contributed by atoms with Gasteiger partial charge in [0.2, 0.25) is 5.91 Å². The molecule has 1 N–H and O–H groups in total. The molecule has 0 aliphatic carbocycles. The van der Waals surface area contributed by atoms with Crippen molar-refractivity contribution in [3.63, 3.8) is 0 Å². The van der Waals surface area contributed by atoms with Gasteiger partial charge in [0.1, 0.15) is 0 Å². The third-order valence-electron chi connectivity index (χ3n) is 5.85. The topological polar surface area (TPSA) is 52.7 Å². The standard InChI is InChI=1S/C23H31N3O2/c1-5-18(9-8-16(2)3)22(27)7-6-11-25-12-10-20-19(14-25)17(4)21-13-24-23(28)15-26(20)21/h5,8-9,13,19-20H,1,4,6-7,10-12,14-15H2,2-3H3,(H,24,28)/b18-9+. The van der Waals surface area contributed by atoms with Crippen LogP contribution in [0.3, 0.4) is 0 Å². The number of fused-ring (bicyclic) bond motifs is 3. The molecule has 0 saturated carbocycles. The molecule has 2 atom stereocenters. The summed E-state index contributed by atoms with van der Waals surface area (Å²) < 4.78 is 0. The van der Waals surface area contributed by atoms with E-state index in [9.17, 15) is 9.59 Å². The molecule has 5 heteroatoms. The largest absolute Gasteiger partial charge is 0.357 e. The minimum absolute atomic E-state index is 0.0531. The Balaban J connectivity index is 1.52. The highest BCUT2D eigenvalue weighted by Crippen LogP contribution is 2.41. The Bertz CT molecular complexity index is 771. The number of rotatable bonds is 7. The number of Topliss-reactive ketones (excluding diaryl/α,β-unsaturated/α-hetero) is 1. The van der Waals surface area contributed by atoms with Gasteiger partial charge in [-0.15, -0.1) is 0 Å². The van der Waals surface area contributed by atoms with E-state index in [4.69, 9.17) is 0 Å². The Morgan fingerprint density at radius 1 is 1.36 bits per heavy atom. The molecule has 3 aliphatic heterocycles. The first kappa shape index (κ1) is 20.3. The third kappa shape index (κ3) is 4.36. The number of carbonyl (C=O) groups excluding carboxylic acids is 2. The average Bonchev–Trinajstić information content (AvgIpc) is 2.93. The Labute approximate surface area is 168 Å². The lowest BCUT2D eigenvalue weighted by Gasteiger charge is -2.38. The van der Waals surface area contributed by atoms with Gasteiger partial charge in [0.25, 0.3) is 0 Å². The van der Waals surface area contributed by atoms with Crippen LogP contribution in [0.25, 0.3) is 0 Å². The number of amides is 1. The lowest BCUT2D eigenvalue weighted by Crippen LogP contribution is -2.49. The number of ketones is 1. The minimum Gasteiger partial charge on any atom is -0.357 e. The van der Waals surface area contributed by atoms with E-state index < -0.39 is 0 Å². The quantitative estimate of drug-likeness (QED) is 0.544. The van der Waals surface area contributed by atoms with E-state index in [1.165, 1.54) is 0 Å². The summed E-state index contributed by atoms with van der Waals surface area (Å²) in [6.45, 7) is 15.4. The molecule has 3 rings (SSSR count). The lowest BCUT2D eigenvalue weighted by molar-refractivity contribution is -0.122. The van der Waals surface area contributed by atoms with Gasteiger partial charge in [0.15, 0.2) is 5.78 Å². The SMILES string of the molecule is C=C/C(=C\C=C(C)C)C(=O)CCCN1CCC2C(C1)C(=C)C1=CNC(=O)CN12. The lowest BCUT2D eigenvalue weighted by atomic mass is 9.89. The summed E-state index contributed by atoms with van der Waals surface area (Å²) in [5.74, 6) is 0.571. The molecule has 2 fully saturated rings. The van der Waals surface area contributed by atoms with Crippen LogP contribution < -0.4 is 5.32 Å². The van der Waals surface area contributed by atoms with Crippen LogP contribution in [0.15, 0.2) is 60.0 Å². The molecule has 3 aliphatic rings. The molecule has 28 heavy (non-hydrogen) atoms. The average molecular weight is 382 g/mol. The monoisotopic (exact) mass is 381 g/mol. The van der Waals surface area contributed by atoms with Crippen molar-refractivity contribution in [2.24, 2.45) is 5.92 Å². The van der Waals surface area contributed by atoms with E-state index >= 15 is 0 Å². The summed E-state index contributed by atoms with van der Waals surface area (Å²) in [5, 5.41) is 2.81. The van der Waals surface area contributed by atoms with Crippen molar-refractivity contribution in [2.75, 3.05) is 26.2 Å². The molecule has 0 aromatic carbocycles. The van der Waals surface area contributed by atoms with Crippen LogP contribution in [-0.2, 0) is 9.59 Å². The Morgan fingerprint density at radius 3 is 2.86 bits per heavy atom. The van der Waals surface area contributed by atoms with E-state index in [1.807, 2.05) is 32.2 Å². The van der Waals surface area contributed by atoms with E-state index in [1.54, 1.807) is 6.08 Å². The van der Waals surface area contributed by atoms with Gasteiger partial charge in [-0.05, 0) is 38.8 Å². The molecule has 0 radical (unpaired) electrons. The molecule has 0 aromatic heterocycles. The third-order valence-corrected chi connectivity index (χ3v) is 5.85. The summed E-state index contributed by atoms with van der Waals surface area (Å²) in [6, 6.07) is 0.377. The first-order valence-electron chi connectivity index (χ1n) is 10.1. The first-order chi connectivity index (χ1) is 13.4. The fourth-order valence-corrected chi connectivity index (χ4v) is 4.34. The maximum atomic E-state index is 12.4. The zero-order chi connectivity index (χ0) is 20.3. The molecular formula is C23H31N3O2. The van der Waals surface area contributed by atoms with Gasteiger partial charge in [-0.2, -0.15) is 0 Å². The number of hydrogen-bond donors (Lipinski definition) is 1. The van der Waals surface area contributed by atoms with E-state index in [0.29, 0.717) is 30.5 Å². The summed E-state index contributed by atoms with van der Waals surface area (Å²) in [6.07, 6.45) is 9.68. The molecule has 5 nitrogen and oxygen atoms in total. The summed E-state index contributed by atoms with van der Waals surface area (Å²) >= 11 is 0. The summed E-state index contributed by atoms with van der Waals surface area (Å²) in [4.78, 5) is 28.8. The van der Waals surface area contributed by atoms with Crippen LogP contribution in [-0.4, -0.2) is 53.7 Å². The zero-order valence-electron chi connectivity index (χ0n) is 17.0. The van der Waals surface area contributed by atoms with Gasteiger partial charge < -0.3 is 15.1 Å². The summed E-state index contributed by atoms with van der Waals surface area (Å²) in [5.41, 5.74) is 4.07. The molecule has 2 unspecified atom stereocenters. The van der Waals surface area contributed by atoms with Crippen LogP contribution in [0.4, 0.5) is 0 Å². The second-order valence-electron chi connectivity index (χ2n) is 8.11. The van der Waals surface area contributed by atoms with Gasteiger partial charge in [-0.25, -0.2) is 0 Å². The predicted octanol–water partition coefficient (Wildman–Crippen LogP) is 2.95. The van der Waals surface area contributed by atoms with E-state index in [-0.39, 0.29) is 11.7 Å². The van der Waals surface area contributed by atoms with Crippen LogP contribution in [0.5, 0.6) is 0 Å². The minimum atomic E-state index is 0.0531. The van der Waals surface area contributed by atoms with Gasteiger partial charge in [0, 0.05) is 43.2 Å². The molecule has 0 bridgehead atoms. The van der Waals surface area contributed by atoms with E-state index in [2.05, 4.69) is 28.3 Å². The molecular weight excluding hydrogens is 350 g/mol. The molecule has 0 aromatic rings. The molecule has 0 spiro atoms. The van der Waals surface area contributed by atoms with Crippen molar-refractivity contribution in [2.45, 2.75) is 39.2 Å². The van der Waals surface area contributed by atoms with Crippen molar-refractivity contribution in [1.82, 2.24) is 15.1 Å². The number of hydrogen-bond acceptors (Lipinski definition) is 4. The molecule has 3 heterocycles. The maximum absolute atomic E-state index is 12.4. The second kappa shape index (κ2) is 8.74. The van der Waals surface area contributed by atoms with Crippen molar-refractivity contribution in [1.29, 1.82) is 0 Å². The van der Waals surface area contributed by atoms with Crippen LogP contribution in [0.2, 0.25) is 0 Å². The number of allylic oxidation sites excluding steroid dienone is 6. The van der Waals surface area contributed by atoms with E-state index in [0.717, 1.165) is 49.3 Å². The number of carbonyl (C=O) groups is 2. The van der Waals surface area contributed by atoms with Gasteiger partial charge >= 0.3 is 0 Å². The smallest absolute Gasteiger partial charge is 0.243 e. The maximum Gasteiger partial charge on any atom is 0.243 e. The van der Waals surface area contributed by atoms with Crippen LogP contribution >= 0.6 is 0 Å². The van der Waals surface area contributed by atoms with Gasteiger partial charge in [0.05, 0.1) is 12.2 Å². The van der Waals surface area contributed by atoms with Crippen molar-refractivity contribution in [3.05, 3.63) is 60.0 Å². The van der Waals surface area contributed by atoms with Crippen molar-refractivity contribution in [3.8, 4) is 0 Å². The molecule has 1 amide bonds. The fourth-order valence-electron chi connectivity index (χ4n) is 4.34. The normalized spacial score (nSPS) is 24.9. The Morgan fingerprint density at radius 2 is 2.14 bits per heavy atom. The number of nitrogens with zero attached hydrogens (tertiary/aromatic N) is 2. The molecule has 150 valence electrons. The highest BCUT2D eigenvalue weighted by atomic mass is 16.2. The Hall–Kier alpha value is -2.40. The molecule has 2 saturated heterocycles.